The molecule has 1 aromatic carbocycles. The van der Waals surface area contributed by atoms with Crippen molar-refractivity contribution in [3.63, 3.8) is 0 Å². The van der Waals surface area contributed by atoms with Gasteiger partial charge in [-0.25, -0.2) is 17.8 Å². The lowest BCUT2D eigenvalue weighted by atomic mass is 9.98. The zero-order chi connectivity index (χ0) is 20.3. The van der Waals surface area contributed by atoms with Crippen molar-refractivity contribution in [1.29, 1.82) is 0 Å². The molecular formula is C21H21FN4O2S. The minimum atomic E-state index is -3.20. The van der Waals surface area contributed by atoms with Crippen LogP contribution in [0, 0.1) is 5.82 Å². The second-order valence-corrected chi connectivity index (χ2v) is 9.66. The summed E-state index contributed by atoms with van der Waals surface area (Å²) in [5.74, 6) is -0.267. The van der Waals surface area contributed by atoms with E-state index in [-0.39, 0.29) is 5.82 Å². The molecule has 4 heterocycles. The summed E-state index contributed by atoms with van der Waals surface area (Å²) >= 11 is 0. The van der Waals surface area contributed by atoms with E-state index in [0.29, 0.717) is 26.1 Å². The van der Waals surface area contributed by atoms with Crippen molar-refractivity contribution in [3.8, 4) is 11.1 Å². The second kappa shape index (κ2) is 6.40. The Bertz CT molecular complexity index is 1280. The van der Waals surface area contributed by atoms with Gasteiger partial charge in [-0.3, -0.25) is 0 Å². The molecule has 5 rings (SSSR count). The maximum absolute atomic E-state index is 14.0. The van der Waals surface area contributed by atoms with Crippen LogP contribution in [0.1, 0.15) is 17.7 Å². The van der Waals surface area contributed by atoms with Gasteiger partial charge in [0.05, 0.1) is 6.26 Å². The molecule has 0 saturated carbocycles. The number of aromatic nitrogens is 2. The van der Waals surface area contributed by atoms with Gasteiger partial charge >= 0.3 is 0 Å². The molecule has 0 saturated heterocycles. The molecule has 0 atom stereocenters. The number of fused-ring (bicyclic) bond motifs is 2. The predicted octanol–water partition coefficient (Wildman–Crippen LogP) is 3.37. The van der Waals surface area contributed by atoms with Gasteiger partial charge in [-0.1, -0.05) is 6.08 Å². The molecule has 6 nitrogen and oxygen atoms in total. The van der Waals surface area contributed by atoms with Crippen LogP contribution in [0.15, 0.2) is 36.5 Å². The minimum absolute atomic E-state index is 0.267. The fourth-order valence-corrected chi connectivity index (χ4v) is 5.16. The van der Waals surface area contributed by atoms with Gasteiger partial charge in [-0.15, -0.1) is 0 Å². The normalized spacial score (nSPS) is 17.2. The molecule has 0 aliphatic carbocycles. The topological polar surface area (TPSA) is 69.3 Å². The number of hydrogen-bond acceptors (Lipinski definition) is 4. The summed E-state index contributed by atoms with van der Waals surface area (Å²) in [5.41, 5.74) is 6.75. The molecule has 0 unspecified atom stereocenters. The van der Waals surface area contributed by atoms with Crippen LogP contribution in [0.2, 0.25) is 0 Å². The molecular weight excluding hydrogens is 391 g/mol. The molecule has 0 spiro atoms. The lowest BCUT2D eigenvalue weighted by Gasteiger charge is -2.25. The summed E-state index contributed by atoms with van der Waals surface area (Å²) in [6.07, 6.45) is 5.59. The molecule has 8 heteroatoms. The Kier molecular flexibility index (Phi) is 4.04. The van der Waals surface area contributed by atoms with E-state index >= 15 is 0 Å². The first-order valence-corrected chi connectivity index (χ1v) is 11.3. The number of aromatic amines is 1. The van der Waals surface area contributed by atoms with E-state index in [0.717, 1.165) is 44.7 Å². The molecule has 2 aliphatic heterocycles. The van der Waals surface area contributed by atoms with Crippen molar-refractivity contribution in [1.82, 2.24) is 14.3 Å². The molecule has 150 valence electrons. The Balaban J connectivity index is 1.69. The van der Waals surface area contributed by atoms with Gasteiger partial charge in [0.1, 0.15) is 11.5 Å². The van der Waals surface area contributed by atoms with Crippen molar-refractivity contribution >= 4 is 32.3 Å². The smallest absolute Gasteiger partial charge is 0.211 e. The van der Waals surface area contributed by atoms with E-state index < -0.39 is 10.0 Å². The van der Waals surface area contributed by atoms with Crippen molar-refractivity contribution in [3.05, 3.63) is 53.6 Å². The molecule has 0 fully saturated rings. The maximum atomic E-state index is 14.0. The molecule has 29 heavy (non-hydrogen) atoms. The first-order valence-electron chi connectivity index (χ1n) is 9.48. The fraction of sp³-hybridized carbons (Fsp3) is 0.286. The van der Waals surface area contributed by atoms with Gasteiger partial charge in [0, 0.05) is 60.8 Å². The number of anilines is 1. The lowest BCUT2D eigenvalue weighted by molar-refractivity contribution is 0.445. The highest BCUT2D eigenvalue weighted by atomic mass is 32.2. The zero-order valence-corrected chi connectivity index (χ0v) is 17.1. The predicted molar refractivity (Wildman–Crippen MR) is 113 cm³/mol. The van der Waals surface area contributed by atoms with Gasteiger partial charge in [0.15, 0.2) is 0 Å². The molecule has 2 aromatic heterocycles. The van der Waals surface area contributed by atoms with E-state index in [9.17, 15) is 12.8 Å². The Morgan fingerprint density at radius 3 is 2.76 bits per heavy atom. The number of nitrogens with zero attached hydrogens (tertiary/aromatic N) is 3. The van der Waals surface area contributed by atoms with Crippen molar-refractivity contribution < 1.29 is 12.8 Å². The summed E-state index contributed by atoms with van der Waals surface area (Å²) in [7, 11) is -1.20. The Hall–Kier alpha value is -2.71. The average Bonchev–Trinajstić information content (AvgIpc) is 3.00. The van der Waals surface area contributed by atoms with Gasteiger partial charge in [-0.05, 0) is 41.8 Å². The molecule has 0 amide bonds. The number of sulfonamides is 1. The first-order chi connectivity index (χ1) is 13.8. The van der Waals surface area contributed by atoms with Crippen molar-refractivity contribution in [2.75, 3.05) is 31.3 Å². The largest absolute Gasteiger partial charge is 0.370 e. The Morgan fingerprint density at radius 2 is 2.03 bits per heavy atom. The quantitative estimate of drug-likeness (QED) is 0.701. The van der Waals surface area contributed by atoms with Crippen LogP contribution in [0.25, 0.3) is 27.7 Å². The van der Waals surface area contributed by atoms with Crippen LogP contribution >= 0.6 is 0 Å². The summed E-state index contributed by atoms with van der Waals surface area (Å²) < 4.78 is 39.2. The standard InChI is InChI=1S/C21H21FN4O2S/c1-25-12-17-19-15(16-11-14(22)3-4-18(16)25)5-8-23-21(19)24-20(17)13-6-9-26(10-7-13)29(2,27)28/h3-6,8,11H,7,9-10,12H2,1-2H3,(H,23,24). The van der Waals surface area contributed by atoms with E-state index in [1.54, 1.807) is 12.3 Å². The summed E-state index contributed by atoms with van der Waals surface area (Å²) in [5, 5.41) is 1.00. The number of hydrogen-bond donors (Lipinski definition) is 1. The van der Waals surface area contributed by atoms with Gasteiger partial charge < -0.3 is 9.88 Å². The highest BCUT2D eigenvalue weighted by Crippen LogP contribution is 2.43. The Labute approximate surface area is 168 Å². The minimum Gasteiger partial charge on any atom is -0.370 e. The number of rotatable bonds is 2. The monoisotopic (exact) mass is 412 g/mol. The maximum Gasteiger partial charge on any atom is 0.211 e. The highest BCUT2D eigenvalue weighted by molar-refractivity contribution is 7.88. The van der Waals surface area contributed by atoms with E-state index in [1.165, 1.54) is 16.6 Å². The SMILES string of the molecule is CN1Cc2c(C3=CCN(S(C)(=O)=O)CC3)[nH]c3nccc(c23)-c2cc(F)ccc21. The number of nitrogens with one attached hydrogen (secondary N) is 1. The number of pyridine rings is 1. The van der Waals surface area contributed by atoms with E-state index in [2.05, 4.69) is 14.9 Å². The van der Waals surface area contributed by atoms with Crippen LogP contribution < -0.4 is 4.90 Å². The van der Waals surface area contributed by atoms with Gasteiger partial charge in [-0.2, -0.15) is 4.31 Å². The average molecular weight is 412 g/mol. The molecule has 0 radical (unpaired) electrons. The van der Waals surface area contributed by atoms with E-state index in [1.807, 2.05) is 25.3 Å². The zero-order valence-electron chi connectivity index (χ0n) is 16.2. The van der Waals surface area contributed by atoms with Crippen LogP contribution in [0.3, 0.4) is 0 Å². The molecule has 2 aliphatic rings. The van der Waals surface area contributed by atoms with Crippen LogP contribution in [0.5, 0.6) is 0 Å². The number of benzene rings is 1. The molecule has 0 bridgehead atoms. The number of halogens is 1. The van der Waals surface area contributed by atoms with Gasteiger partial charge in [0.2, 0.25) is 10.0 Å². The lowest BCUT2D eigenvalue weighted by Crippen LogP contribution is -2.33. The third kappa shape index (κ3) is 2.94. The van der Waals surface area contributed by atoms with E-state index in [4.69, 9.17) is 0 Å². The van der Waals surface area contributed by atoms with Crippen LogP contribution in [-0.4, -0.2) is 49.1 Å². The second-order valence-electron chi connectivity index (χ2n) is 7.68. The fourth-order valence-electron chi connectivity index (χ4n) is 4.40. The number of H-pyrrole nitrogens is 1. The highest BCUT2D eigenvalue weighted by Gasteiger charge is 2.27. The van der Waals surface area contributed by atoms with Gasteiger partial charge in [0.25, 0.3) is 0 Å². The Morgan fingerprint density at radius 1 is 1.21 bits per heavy atom. The summed E-state index contributed by atoms with van der Waals surface area (Å²) in [6, 6.07) is 6.81. The summed E-state index contributed by atoms with van der Waals surface area (Å²) in [4.78, 5) is 10.1. The molecule has 3 aromatic rings. The van der Waals surface area contributed by atoms with Crippen LogP contribution in [-0.2, 0) is 16.6 Å². The van der Waals surface area contributed by atoms with Crippen LogP contribution in [0.4, 0.5) is 10.1 Å². The van der Waals surface area contributed by atoms with Crippen molar-refractivity contribution in [2.24, 2.45) is 0 Å². The third-order valence-electron chi connectivity index (χ3n) is 5.82. The summed E-state index contributed by atoms with van der Waals surface area (Å²) in [6.45, 7) is 1.48. The van der Waals surface area contributed by atoms with Crippen molar-refractivity contribution in [2.45, 2.75) is 13.0 Å². The first kappa shape index (κ1) is 18.3. The third-order valence-corrected chi connectivity index (χ3v) is 7.08. The molecule has 1 N–H and O–H groups in total.